The van der Waals surface area contributed by atoms with E-state index in [1.165, 1.54) is 0 Å². The van der Waals surface area contributed by atoms with E-state index in [1.807, 2.05) is 24.4 Å². The quantitative estimate of drug-likeness (QED) is 0.889. The number of carbonyl (C=O) groups is 1. The Morgan fingerprint density at radius 3 is 2.52 bits per heavy atom. The van der Waals surface area contributed by atoms with Crippen molar-refractivity contribution >= 4 is 11.7 Å². The van der Waals surface area contributed by atoms with Crippen LogP contribution < -0.4 is 10.2 Å². The van der Waals surface area contributed by atoms with Crippen molar-refractivity contribution < 1.29 is 4.79 Å². The highest BCUT2D eigenvalue weighted by Gasteiger charge is 2.20. The Hall–Kier alpha value is -1.62. The molecule has 0 aromatic carbocycles. The Morgan fingerprint density at radius 1 is 1.24 bits per heavy atom. The summed E-state index contributed by atoms with van der Waals surface area (Å²) in [5.41, 5.74) is 0. The second-order valence-electron chi connectivity index (χ2n) is 6.05. The van der Waals surface area contributed by atoms with Crippen LogP contribution in [0.5, 0.6) is 0 Å². The maximum Gasteiger partial charge on any atom is 0.234 e. The lowest BCUT2D eigenvalue weighted by molar-refractivity contribution is -0.123. The van der Waals surface area contributed by atoms with Gasteiger partial charge in [0.1, 0.15) is 5.82 Å². The smallest absolute Gasteiger partial charge is 0.234 e. The van der Waals surface area contributed by atoms with Crippen LogP contribution >= 0.6 is 0 Å². The summed E-state index contributed by atoms with van der Waals surface area (Å²) in [4.78, 5) is 20.9. The van der Waals surface area contributed by atoms with Crippen molar-refractivity contribution in [1.29, 1.82) is 0 Å². The van der Waals surface area contributed by atoms with Gasteiger partial charge in [0.25, 0.3) is 0 Å². The zero-order valence-electron chi connectivity index (χ0n) is 13.2. The molecule has 1 amide bonds. The molecular weight excluding hydrogens is 264 g/mol. The van der Waals surface area contributed by atoms with Crippen molar-refractivity contribution in [2.45, 2.75) is 26.8 Å². The van der Waals surface area contributed by atoms with Gasteiger partial charge in [0.05, 0.1) is 6.54 Å². The molecule has 5 nitrogen and oxygen atoms in total. The average Bonchev–Trinajstić information content (AvgIpc) is 2.48. The van der Waals surface area contributed by atoms with Gasteiger partial charge in [-0.3, -0.25) is 9.69 Å². The third-order valence-electron chi connectivity index (χ3n) is 4.10. The molecule has 21 heavy (non-hydrogen) atoms. The van der Waals surface area contributed by atoms with E-state index in [9.17, 15) is 4.79 Å². The standard InChI is InChI=1S/C16H26N4O/c1-13(2)14(3)18-16(21)12-19-8-10-20(11-9-19)15-6-4-5-7-17-15/h4-7,13-14H,8-12H2,1-3H3,(H,18,21)/t14-/m0/s1. The topological polar surface area (TPSA) is 48.5 Å². The summed E-state index contributed by atoms with van der Waals surface area (Å²) >= 11 is 0. The number of pyridine rings is 1. The summed E-state index contributed by atoms with van der Waals surface area (Å²) in [6, 6.07) is 6.20. The number of anilines is 1. The number of nitrogens with zero attached hydrogens (tertiary/aromatic N) is 3. The number of aromatic nitrogens is 1. The molecule has 0 saturated carbocycles. The first-order chi connectivity index (χ1) is 10.1. The summed E-state index contributed by atoms with van der Waals surface area (Å²) < 4.78 is 0. The molecule has 1 saturated heterocycles. The highest BCUT2D eigenvalue weighted by Crippen LogP contribution is 2.12. The van der Waals surface area contributed by atoms with Gasteiger partial charge in [-0.25, -0.2) is 4.98 Å². The lowest BCUT2D eigenvalue weighted by atomic mass is 10.1. The van der Waals surface area contributed by atoms with Crippen LogP contribution in [-0.2, 0) is 4.79 Å². The van der Waals surface area contributed by atoms with Gasteiger partial charge in [0.15, 0.2) is 0 Å². The minimum absolute atomic E-state index is 0.127. The van der Waals surface area contributed by atoms with Gasteiger partial charge < -0.3 is 10.2 Å². The fraction of sp³-hybridized carbons (Fsp3) is 0.625. The lowest BCUT2D eigenvalue weighted by Gasteiger charge is -2.35. The lowest BCUT2D eigenvalue weighted by Crippen LogP contribution is -2.50. The molecule has 0 bridgehead atoms. The van der Waals surface area contributed by atoms with Gasteiger partial charge in [-0.05, 0) is 25.0 Å². The van der Waals surface area contributed by atoms with Gasteiger partial charge in [0, 0.05) is 38.4 Å². The van der Waals surface area contributed by atoms with E-state index < -0.39 is 0 Å². The molecule has 1 atom stereocenters. The van der Waals surface area contributed by atoms with Crippen molar-refractivity contribution in [3.05, 3.63) is 24.4 Å². The number of carbonyl (C=O) groups excluding carboxylic acids is 1. The maximum atomic E-state index is 12.0. The molecule has 0 spiro atoms. The highest BCUT2D eigenvalue weighted by molar-refractivity contribution is 5.78. The molecule has 0 aliphatic carbocycles. The van der Waals surface area contributed by atoms with Gasteiger partial charge in [-0.15, -0.1) is 0 Å². The average molecular weight is 290 g/mol. The summed E-state index contributed by atoms with van der Waals surface area (Å²) in [5, 5.41) is 3.06. The Bertz CT molecular complexity index is 441. The van der Waals surface area contributed by atoms with Gasteiger partial charge >= 0.3 is 0 Å². The Balaban J connectivity index is 1.75. The first kappa shape index (κ1) is 15.8. The predicted octanol–water partition coefficient (Wildman–Crippen LogP) is 1.36. The molecule has 1 aliphatic rings. The third kappa shape index (κ3) is 4.70. The molecule has 2 heterocycles. The van der Waals surface area contributed by atoms with Crippen molar-refractivity contribution in [2.75, 3.05) is 37.6 Å². The summed E-state index contributed by atoms with van der Waals surface area (Å²) in [7, 11) is 0. The molecule has 1 N–H and O–H groups in total. The SMILES string of the molecule is CC(C)[C@H](C)NC(=O)CN1CCN(c2ccccn2)CC1. The van der Waals surface area contributed by atoms with Crippen LogP contribution in [0, 0.1) is 5.92 Å². The third-order valence-corrected chi connectivity index (χ3v) is 4.10. The first-order valence-corrected chi connectivity index (χ1v) is 7.74. The first-order valence-electron chi connectivity index (χ1n) is 7.74. The van der Waals surface area contributed by atoms with E-state index in [-0.39, 0.29) is 11.9 Å². The molecule has 116 valence electrons. The molecule has 1 aromatic heterocycles. The van der Waals surface area contributed by atoms with E-state index >= 15 is 0 Å². The minimum atomic E-state index is 0.127. The summed E-state index contributed by atoms with van der Waals surface area (Å²) in [6.45, 7) is 10.4. The number of hydrogen-bond donors (Lipinski definition) is 1. The van der Waals surface area contributed by atoms with Crippen molar-refractivity contribution in [3.8, 4) is 0 Å². The van der Waals surface area contributed by atoms with E-state index in [0.29, 0.717) is 12.5 Å². The molecule has 0 unspecified atom stereocenters. The van der Waals surface area contributed by atoms with Crippen LogP contribution in [0.15, 0.2) is 24.4 Å². The van der Waals surface area contributed by atoms with E-state index in [4.69, 9.17) is 0 Å². The molecule has 0 radical (unpaired) electrons. The van der Waals surface area contributed by atoms with Crippen LogP contribution in [0.2, 0.25) is 0 Å². The Morgan fingerprint density at radius 2 is 1.95 bits per heavy atom. The monoisotopic (exact) mass is 290 g/mol. The molecule has 1 aromatic rings. The second-order valence-corrected chi connectivity index (χ2v) is 6.05. The van der Waals surface area contributed by atoms with Crippen LogP contribution in [0.1, 0.15) is 20.8 Å². The second kappa shape index (κ2) is 7.41. The molecule has 1 fully saturated rings. The Labute approximate surface area is 127 Å². The number of rotatable bonds is 5. The van der Waals surface area contributed by atoms with Crippen LogP contribution in [0.4, 0.5) is 5.82 Å². The largest absolute Gasteiger partial charge is 0.354 e. The maximum absolute atomic E-state index is 12.0. The predicted molar refractivity (Wildman–Crippen MR) is 85.3 cm³/mol. The zero-order valence-corrected chi connectivity index (χ0v) is 13.2. The van der Waals surface area contributed by atoms with Crippen molar-refractivity contribution in [2.24, 2.45) is 5.92 Å². The number of hydrogen-bond acceptors (Lipinski definition) is 4. The zero-order chi connectivity index (χ0) is 15.2. The van der Waals surface area contributed by atoms with Crippen LogP contribution in [-0.4, -0.2) is 54.6 Å². The molecule has 1 aliphatic heterocycles. The molecule has 2 rings (SSSR count). The van der Waals surface area contributed by atoms with Gasteiger partial charge in [0.2, 0.25) is 5.91 Å². The van der Waals surface area contributed by atoms with E-state index in [2.05, 4.69) is 40.9 Å². The van der Waals surface area contributed by atoms with Crippen LogP contribution in [0.3, 0.4) is 0 Å². The fourth-order valence-electron chi connectivity index (χ4n) is 2.35. The number of amides is 1. The van der Waals surface area contributed by atoms with Crippen molar-refractivity contribution in [1.82, 2.24) is 15.2 Å². The minimum Gasteiger partial charge on any atom is -0.354 e. The van der Waals surface area contributed by atoms with E-state index in [0.717, 1.165) is 32.0 Å². The summed E-state index contributed by atoms with van der Waals surface area (Å²) in [6.07, 6.45) is 1.82. The van der Waals surface area contributed by atoms with Gasteiger partial charge in [-0.1, -0.05) is 19.9 Å². The fourth-order valence-corrected chi connectivity index (χ4v) is 2.35. The highest BCUT2D eigenvalue weighted by atomic mass is 16.2. The number of piperazine rings is 1. The molecular formula is C16H26N4O. The van der Waals surface area contributed by atoms with Crippen LogP contribution in [0.25, 0.3) is 0 Å². The summed E-state index contributed by atoms with van der Waals surface area (Å²) in [5.74, 6) is 1.62. The van der Waals surface area contributed by atoms with Gasteiger partial charge in [-0.2, -0.15) is 0 Å². The Kier molecular flexibility index (Phi) is 5.56. The molecule has 5 heteroatoms. The normalized spacial score (nSPS) is 17.8. The number of nitrogens with one attached hydrogen (secondary N) is 1. The van der Waals surface area contributed by atoms with Crippen molar-refractivity contribution in [3.63, 3.8) is 0 Å². The van der Waals surface area contributed by atoms with E-state index in [1.54, 1.807) is 0 Å².